The number of nitrogen functional groups attached to an aromatic ring is 1. The van der Waals surface area contributed by atoms with Gasteiger partial charge in [-0.1, -0.05) is 0 Å². The van der Waals surface area contributed by atoms with E-state index in [1.54, 1.807) is 0 Å². The van der Waals surface area contributed by atoms with Crippen LogP contribution in [0.3, 0.4) is 0 Å². The van der Waals surface area contributed by atoms with Crippen LogP contribution in [0.5, 0.6) is 0 Å². The molecule has 0 bridgehead atoms. The van der Waals surface area contributed by atoms with Gasteiger partial charge in [-0.25, -0.2) is 8.42 Å². The van der Waals surface area contributed by atoms with Gasteiger partial charge < -0.3 is 16.0 Å². The van der Waals surface area contributed by atoms with Crippen LogP contribution in [0.25, 0.3) is 0 Å². The van der Waals surface area contributed by atoms with E-state index in [0.717, 1.165) is 24.1 Å². The zero-order valence-corrected chi connectivity index (χ0v) is 13.4. The largest absolute Gasteiger partial charge is 0.396 e. The van der Waals surface area contributed by atoms with Crippen molar-refractivity contribution in [1.82, 2.24) is 5.32 Å². The van der Waals surface area contributed by atoms with Gasteiger partial charge in [0, 0.05) is 26.9 Å². The summed E-state index contributed by atoms with van der Waals surface area (Å²) < 4.78 is 23.9. The molecule has 1 saturated carbocycles. The molecule has 0 atom stereocenters. The van der Waals surface area contributed by atoms with Gasteiger partial charge in [0.1, 0.15) is 14.8 Å². The van der Waals surface area contributed by atoms with Crippen molar-refractivity contribution < 1.29 is 13.2 Å². The van der Waals surface area contributed by atoms with Gasteiger partial charge in [0.15, 0.2) is 9.84 Å². The first-order valence-electron chi connectivity index (χ1n) is 6.31. The summed E-state index contributed by atoms with van der Waals surface area (Å²) in [6.45, 7) is 0.787. The van der Waals surface area contributed by atoms with Crippen molar-refractivity contribution in [3.8, 4) is 0 Å². The van der Waals surface area contributed by atoms with E-state index in [-0.39, 0.29) is 21.4 Å². The van der Waals surface area contributed by atoms with E-state index in [1.165, 1.54) is 19.9 Å². The van der Waals surface area contributed by atoms with Crippen LogP contribution in [0.15, 0.2) is 4.90 Å². The third-order valence-corrected chi connectivity index (χ3v) is 5.86. The SMILES string of the molecule is CNC(=O)c1sc(N(C)CC2CC2)c(S(C)(=O)=O)c1N. The Kier molecular flexibility index (Phi) is 3.97. The summed E-state index contributed by atoms with van der Waals surface area (Å²) in [7, 11) is -0.147. The molecule has 20 heavy (non-hydrogen) atoms. The van der Waals surface area contributed by atoms with E-state index in [9.17, 15) is 13.2 Å². The van der Waals surface area contributed by atoms with Gasteiger partial charge in [-0.2, -0.15) is 0 Å². The number of rotatable bonds is 5. The van der Waals surface area contributed by atoms with E-state index >= 15 is 0 Å². The second-order valence-corrected chi connectivity index (χ2v) is 8.11. The van der Waals surface area contributed by atoms with Crippen LogP contribution in [-0.2, 0) is 9.84 Å². The molecule has 1 heterocycles. The molecule has 3 N–H and O–H groups in total. The minimum atomic E-state index is -3.48. The zero-order valence-electron chi connectivity index (χ0n) is 11.8. The molecule has 1 amide bonds. The lowest BCUT2D eigenvalue weighted by atomic mass is 10.3. The van der Waals surface area contributed by atoms with Gasteiger partial charge in [-0.3, -0.25) is 4.79 Å². The van der Waals surface area contributed by atoms with E-state index in [1.807, 2.05) is 11.9 Å². The van der Waals surface area contributed by atoms with Crippen molar-refractivity contribution in [2.45, 2.75) is 17.7 Å². The van der Waals surface area contributed by atoms with Gasteiger partial charge in [-0.15, -0.1) is 11.3 Å². The van der Waals surface area contributed by atoms with Crippen LogP contribution >= 0.6 is 11.3 Å². The van der Waals surface area contributed by atoms with Crippen LogP contribution in [0, 0.1) is 5.92 Å². The highest BCUT2D eigenvalue weighted by atomic mass is 32.2. The Hall–Kier alpha value is -1.28. The minimum Gasteiger partial charge on any atom is -0.396 e. The Bertz CT molecular complexity index is 633. The summed E-state index contributed by atoms with van der Waals surface area (Å²) in [5, 5.41) is 3.04. The van der Waals surface area contributed by atoms with Gasteiger partial charge in [0.05, 0.1) is 5.69 Å². The summed E-state index contributed by atoms with van der Waals surface area (Å²) in [4.78, 5) is 14.0. The molecular formula is C12H19N3O3S2. The molecule has 0 aliphatic heterocycles. The highest BCUT2D eigenvalue weighted by Gasteiger charge is 2.31. The normalized spacial score (nSPS) is 15.2. The lowest BCUT2D eigenvalue weighted by Gasteiger charge is -2.18. The van der Waals surface area contributed by atoms with Crippen LogP contribution in [0.2, 0.25) is 0 Å². The quantitative estimate of drug-likeness (QED) is 0.843. The summed E-state index contributed by atoms with van der Waals surface area (Å²) >= 11 is 1.13. The van der Waals surface area contributed by atoms with Crippen molar-refractivity contribution in [3.63, 3.8) is 0 Å². The molecule has 1 aromatic rings. The van der Waals surface area contributed by atoms with Crippen molar-refractivity contribution in [1.29, 1.82) is 0 Å². The predicted octanol–water partition coefficient (Wildman–Crippen LogP) is 0.940. The third kappa shape index (κ3) is 2.90. The van der Waals surface area contributed by atoms with Crippen LogP contribution < -0.4 is 16.0 Å². The number of thiophene rings is 1. The number of nitrogens with zero attached hydrogens (tertiary/aromatic N) is 1. The Labute approximate surface area is 122 Å². The molecule has 1 fully saturated rings. The second-order valence-electron chi connectivity index (χ2n) is 5.15. The number of amides is 1. The summed E-state index contributed by atoms with van der Waals surface area (Å²) in [6, 6.07) is 0. The first kappa shape index (κ1) is 15.1. The summed E-state index contributed by atoms with van der Waals surface area (Å²) in [5.74, 6) is 0.252. The fourth-order valence-electron chi connectivity index (χ4n) is 2.08. The standard InChI is InChI=1S/C12H19N3O3S2/c1-14-11(16)9-8(13)10(20(3,17)18)12(19-9)15(2)6-7-4-5-7/h7H,4-6,13H2,1-3H3,(H,14,16). The molecule has 1 aromatic heterocycles. The highest BCUT2D eigenvalue weighted by Crippen LogP contribution is 2.42. The molecule has 0 unspecified atom stereocenters. The van der Waals surface area contributed by atoms with Gasteiger partial charge >= 0.3 is 0 Å². The summed E-state index contributed by atoms with van der Waals surface area (Å²) in [5.41, 5.74) is 5.95. The monoisotopic (exact) mass is 317 g/mol. The van der Waals surface area contributed by atoms with Crippen molar-refractivity contribution >= 4 is 37.8 Å². The van der Waals surface area contributed by atoms with E-state index in [2.05, 4.69) is 5.32 Å². The fraction of sp³-hybridized carbons (Fsp3) is 0.583. The number of hydrogen-bond acceptors (Lipinski definition) is 6. The molecule has 112 valence electrons. The number of nitrogens with two attached hydrogens (primary N) is 1. The first-order chi connectivity index (χ1) is 9.25. The Morgan fingerprint density at radius 3 is 2.55 bits per heavy atom. The number of sulfone groups is 1. The Morgan fingerprint density at radius 2 is 2.10 bits per heavy atom. The van der Waals surface area contributed by atoms with E-state index < -0.39 is 9.84 Å². The molecule has 0 aromatic carbocycles. The van der Waals surface area contributed by atoms with Crippen LogP contribution in [0.1, 0.15) is 22.5 Å². The minimum absolute atomic E-state index is 0.0505. The zero-order chi connectivity index (χ0) is 15.1. The molecule has 1 aliphatic rings. The average Bonchev–Trinajstić information content (AvgIpc) is 3.07. The van der Waals surface area contributed by atoms with Gasteiger partial charge in [0.25, 0.3) is 5.91 Å². The van der Waals surface area contributed by atoms with Crippen molar-refractivity contribution in [2.75, 3.05) is 37.5 Å². The predicted molar refractivity (Wildman–Crippen MR) is 81.2 cm³/mol. The van der Waals surface area contributed by atoms with E-state index in [0.29, 0.717) is 10.9 Å². The maximum atomic E-state index is 12.0. The molecule has 2 rings (SSSR count). The number of anilines is 2. The number of hydrogen-bond donors (Lipinski definition) is 2. The molecule has 0 spiro atoms. The highest BCUT2D eigenvalue weighted by molar-refractivity contribution is 7.91. The van der Waals surface area contributed by atoms with E-state index in [4.69, 9.17) is 5.73 Å². The van der Waals surface area contributed by atoms with Gasteiger partial charge in [-0.05, 0) is 18.8 Å². The van der Waals surface area contributed by atoms with Crippen LogP contribution in [-0.4, -0.2) is 41.2 Å². The molecule has 8 heteroatoms. The molecule has 6 nitrogen and oxygen atoms in total. The Balaban J connectivity index is 2.50. The lowest BCUT2D eigenvalue weighted by Crippen LogP contribution is -2.20. The second kappa shape index (κ2) is 5.25. The molecule has 1 aliphatic carbocycles. The number of carbonyl (C=O) groups is 1. The van der Waals surface area contributed by atoms with Crippen LogP contribution in [0.4, 0.5) is 10.7 Å². The topological polar surface area (TPSA) is 92.5 Å². The summed E-state index contributed by atoms with van der Waals surface area (Å²) in [6.07, 6.45) is 3.46. The first-order valence-corrected chi connectivity index (χ1v) is 9.02. The number of carbonyl (C=O) groups excluding carboxylic acids is 1. The fourth-order valence-corrected chi connectivity index (χ4v) is 4.73. The molecule has 0 saturated heterocycles. The maximum Gasteiger partial charge on any atom is 0.263 e. The maximum absolute atomic E-state index is 12.0. The third-order valence-electron chi connectivity index (χ3n) is 3.26. The number of nitrogens with one attached hydrogen (secondary N) is 1. The average molecular weight is 317 g/mol. The van der Waals surface area contributed by atoms with Gasteiger partial charge in [0.2, 0.25) is 0 Å². The van der Waals surface area contributed by atoms with Crippen molar-refractivity contribution in [3.05, 3.63) is 4.88 Å². The molecule has 0 radical (unpaired) electrons. The molecular weight excluding hydrogens is 298 g/mol. The lowest BCUT2D eigenvalue weighted by molar-refractivity contribution is 0.0968. The Morgan fingerprint density at radius 1 is 1.50 bits per heavy atom. The smallest absolute Gasteiger partial charge is 0.263 e. The van der Waals surface area contributed by atoms with Crippen molar-refractivity contribution in [2.24, 2.45) is 5.92 Å².